The quantitative estimate of drug-likeness (QED) is 0.668. The lowest BCUT2D eigenvalue weighted by molar-refractivity contribution is -0.111. The van der Waals surface area contributed by atoms with Gasteiger partial charge in [-0.05, 0) is 42.0 Å². The number of benzene rings is 2. The molecule has 6 nitrogen and oxygen atoms in total. The maximum absolute atomic E-state index is 12.0. The molecule has 0 saturated carbocycles. The van der Waals surface area contributed by atoms with E-state index in [0.717, 1.165) is 11.3 Å². The summed E-state index contributed by atoms with van der Waals surface area (Å²) in [4.78, 5) is 35.0. The maximum atomic E-state index is 12.0. The summed E-state index contributed by atoms with van der Waals surface area (Å²) in [6.45, 7) is 0. The van der Waals surface area contributed by atoms with Gasteiger partial charge < -0.3 is 10.1 Å². The minimum Gasteiger partial charge on any atom is -0.497 e. The van der Waals surface area contributed by atoms with Gasteiger partial charge in [0, 0.05) is 11.8 Å². The third-order valence-corrected chi connectivity index (χ3v) is 3.55. The van der Waals surface area contributed by atoms with Crippen molar-refractivity contribution in [1.29, 1.82) is 0 Å². The molecule has 0 aliphatic carbocycles. The second-order valence-corrected chi connectivity index (χ2v) is 5.14. The fraction of sp³-hybridized carbons (Fsp3) is 0.0556. The van der Waals surface area contributed by atoms with Gasteiger partial charge in [-0.3, -0.25) is 19.7 Å². The normalized spacial score (nSPS) is 12.9. The summed E-state index contributed by atoms with van der Waals surface area (Å²) < 4.78 is 5.07. The van der Waals surface area contributed by atoms with E-state index in [-0.39, 0.29) is 11.5 Å². The van der Waals surface area contributed by atoms with Gasteiger partial charge in [0.05, 0.1) is 18.2 Å². The van der Waals surface area contributed by atoms with Crippen molar-refractivity contribution in [3.63, 3.8) is 0 Å². The summed E-state index contributed by atoms with van der Waals surface area (Å²) in [6.07, 6.45) is 3.05. The van der Waals surface area contributed by atoms with Crippen LogP contribution in [0.4, 0.5) is 5.69 Å². The summed E-state index contributed by atoms with van der Waals surface area (Å²) in [6, 6.07) is 11.8. The third kappa shape index (κ3) is 3.17. The molecule has 0 spiro atoms. The molecule has 0 bridgehead atoms. The van der Waals surface area contributed by atoms with E-state index < -0.39 is 11.8 Å². The molecule has 0 saturated heterocycles. The Bertz CT molecular complexity index is 854. The highest BCUT2D eigenvalue weighted by Gasteiger charge is 2.26. The minimum absolute atomic E-state index is 0.261. The second kappa shape index (κ2) is 6.37. The van der Waals surface area contributed by atoms with Crippen molar-refractivity contribution in [2.75, 3.05) is 12.4 Å². The number of imide groups is 1. The van der Waals surface area contributed by atoms with Crippen LogP contribution in [0.3, 0.4) is 0 Å². The fourth-order valence-electron chi connectivity index (χ4n) is 2.32. The minimum atomic E-state index is -0.458. The molecule has 2 aromatic carbocycles. The van der Waals surface area contributed by atoms with Crippen molar-refractivity contribution < 1.29 is 19.1 Å². The molecule has 3 amide bonds. The van der Waals surface area contributed by atoms with Crippen LogP contribution in [0.25, 0.3) is 6.08 Å². The van der Waals surface area contributed by atoms with Crippen LogP contribution in [0.5, 0.6) is 5.75 Å². The molecule has 24 heavy (non-hydrogen) atoms. The van der Waals surface area contributed by atoms with Crippen molar-refractivity contribution in [3.05, 3.63) is 65.2 Å². The summed E-state index contributed by atoms with van der Waals surface area (Å²) in [5.41, 5.74) is 1.87. The zero-order chi connectivity index (χ0) is 17.1. The van der Waals surface area contributed by atoms with Crippen molar-refractivity contribution in [2.45, 2.75) is 0 Å². The molecule has 0 aromatic heterocycles. The number of nitrogens with one attached hydrogen (secondary N) is 2. The average Bonchev–Trinajstić information content (AvgIpc) is 2.87. The molecule has 6 heteroatoms. The highest BCUT2D eigenvalue weighted by atomic mass is 16.5. The fourth-order valence-corrected chi connectivity index (χ4v) is 2.32. The first-order valence-electron chi connectivity index (χ1n) is 7.19. The topological polar surface area (TPSA) is 84.5 Å². The molecule has 1 heterocycles. The Labute approximate surface area is 138 Å². The van der Waals surface area contributed by atoms with Crippen LogP contribution in [0.1, 0.15) is 26.3 Å². The van der Waals surface area contributed by atoms with Crippen LogP contribution >= 0.6 is 0 Å². The number of carbonyl (C=O) groups is 3. The van der Waals surface area contributed by atoms with Gasteiger partial charge >= 0.3 is 0 Å². The number of methoxy groups -OCH3 is 1. The van der Waals surface area contributed by atoms with E-state index in [1.54, 1.807) is 31.4 Å². The Hall–Kier alpha value is -3.41. The van der Waals surface area contributed by atoms with Gasteiger partial charge in [0.15, 0.2) is 0 Å². The van der Waals surface area contributed by atoms with Gasteiger partial charge in [-0.15, -0.1) is 0 Å². The first-order valence-corrected chi connectivity index (χ1v) is 7.19. The second-order valence-electron chi connectivity index (χ2n) is 5.14. The Morgan fingerprint density at radius 3 is 2.46 bits per heavy atom. The lowest BCUT2D eigenvalue weighted by Crippen LogP contribution is -2.19. The summed E-state index contributed by atoms with van der Waals surface area (Å²) in [7, 11) is 1.59. The number of ether oxygens (including phenoxy) is 1. The Morgan fingerprint density at radius 1 is 1.04 bits per heavy atom. The summed E-state index contributed by atoms with van der Waals surface area (Å²) in [5.74, 6) is -0.481. The van der Waals surface area contributed by atoms with E-state index in [2.05, 4.69) is 10.6 Å². The molecule has 2 aromatic rings. The van der Waals surface area contributed by atoms with Gasteiger partial charge in [0.1, 0.15) is 5.75 Å². The Kier molecular flexibility index (Phi) is 4.11. The maximum Gasteiger partial charge on any atom is 0.259 e. The number of hydrogen-bond acceptors (Lipinski definition) is 4. The van der Waals surface area contributed by atoms with Gasteiger partial charge in [-0.25, -0.2) is 0 Å². The largest absolute Gasteiger partial charge is 0.497 e. The summed E-state index contributed by atoms with van der Waals surface area (Å²) in [5, 5.41) is 4.86. The number of hydrogen-bond donors (Lipinski definition) is 2. The molecule has 2 N–H and O–H groups in total. The predicted octanol–water partition coefficient (Wildman–Crippen LogP) is 2.23. The number of amides is 3. The first-order chi connectivity index (χ1) is 11.6. The van der Waals surface area contributed by atoms with Gasteiger partial charge in [0.2, 0.25) is 5.91 Å². The van der Waals surface area contributed by atoms with E-state index in [1.165, 1.54) is 18.2 Å². The lowest BCUT2D eigenvalue weighted by atomic mass is 10.1. The van der Waals surface area contributed by atoms with Crippen molar-refractivity contribution >= 4 is 29.5 Å². The smallest absolute Gasteiger partial charge is 0.259 e. The highest BCUT2D eigenvalue weighted by Crippen LogP contribution is 2.20. The monoisotopic (exact) mass is 322 g/mol. The molecule has 0 atom stereocenters. The highest BCUT2D eigenvalue weighted by molar-refractivity contribution is 6.22. The summed E-state index contributed by atoms with van der Waals surface area (Å²) >= 11 is 0. The zero-order valence-corrected chi connectivity index (χ0v) is 12.8. The van der Waals surface area contributed by atoms with E-state index in [1.807, 2.05) is 12.1 Å². The molecule has 3 rings (SSSR count). The Balaban J connectivity index is 1.69. The van der Waals surface area contributed by atoms with E-state index in [4.69, 9.17) is 4.74 Å². The lowest BCUT2D eigenvalue weighted by Gasteiger charge is -2.03. The van der Waals surface area contributed by atoms with Crippen LogP contribution in [-0.2, 0) is 4.79 Å². The zero-order valence-electron chi connectivity index (χ0n) is 12.8. The van der Waals surface area contributed by atoms with Crippen LogP contribution in [-0.4, -0.2) is 24.8 Å². The number of fused-ring (bicyclic) bond motifs is 1. The van der Waals surface area contributed by atoms with Crippen molar-refractivity contribution in [1.82, 2.24) is 5.32 Å². The van der Waals surface area contributed by atoms with Crippen LogP contribution in [0.2, 0.25) is 0 Å². The molecule has 120 valence electrons. The average molecular weight is 322 g/mol. The van der Waals surface area contributed by atoms with Crippen LogP contribution < -0.4 is 15.4 Å². The predicted molar refractivity (Wildman–Crippen MR) is 88.9 cm³/mol. The van der Waals surface area contributed by atoms with E-state index in [0.29, 0.717) is 11.3 Å². The van der Waals surface area contributed by atoms with Crippen molar-refractivity contribution in [3.8, 4) is 5.75 Å². The van der Waals surface area contributed by atoms with Crippen LogP contribution in [0.15, 0.2) is 48.5 Å². The standard InChI is InChI=1S/C18H14N2O4/c1-24-13-6-2-11(3-7-13)4-9-16(21)19-12-5-8-14-15(10-12)18(23)20-17(14)22/h2-10H,1H3,(H,19,21)(H,20,22,23)/b9-4+. The number of anilines is 1. The molecular formula is C18H14N2O4. The van der Waals surface area contributed by atoms with Gasteiger partial charge in [0.25, 0.3) is 11.8 Å². The third-order valence-electron chi connectivity index (χ3n) is 3.55. The molecule has 0 unspecified atom stereocenters. The molecular weight excluding hydrogens is 308 g/mol. The van der Waals surface area contributed by atoms with Gasteiger partial charge in [-0.1, -0.05) is 12.1 Å². The number of rotatable bonds is 4. The van der Waals surface area contributed by atoms with E-state index >= 15 is 0 Å². The first kappa shape index (κ1) is 15.5. The van der Waals surface area contributed by atoms with Crippen LogP contribution in [0, 0.1) is 0 Å². The molecule has 0 fully saturated rings. The molecule has 1 aliphatic rings. The Morgan fingerprint density at radius 2 is 1.75 bits per heavy atom. The van der Waals surface area contributed by atoms with E-state index in [9.17, 15) is 14.4 Å². The molecule has 0 radical (unpaired) electrons. The number of carbonyl (C=O) groups excluding carboxylic acids is 3. The SMILES string of the molecule is COc1ccc(/C=C/C(=O)Nc2ccc3c(c2)C(=O)NC3=O)cc1. The molecule has 1 aliphatic heterocycles. The van der Waals surface area contributed by atoms with Crippen molar-refractivity contribution in [2.24, 2.45) is 0 Å². The van der Waals surface area contributed by atoms with Gasteiger partial charge in [-0.2, -0.15) is 0 Å².